The van der Waals surface area contributed by atoms with Gasteiger partial charge in [0.2, 0.25) is 0 Å². The molecule has 1 aliphatic rings. The van der Waals surface area contributed by atoms with Crippen LogP contribution >= 0.6 is 0 Å². The van der Waals surface area contributed by atoms with Crippen molar-refractivity contribution in [3.8, 4) is 0 Å². The van der Waals surface area contributed by atoms with Crippen molar-refractivity contribution in [2.75, 3.05) is 13.1 Å². The number of likely N-dealkylation sites (tertiary alicyclic amines) is 1. The molecule has 0 aromatic heterocycles. The van der Waals surface area contributed by atoms with E-state index in [4.69, 9.17) is 0 Å². The van der Waals surface area contributed by atoms with E-state index in [9.17, 15) is 0 Å². The first-order valence-electron chi connectivity index (χ1n) is 4.56. The largest absolute Gasteiger partial charge is 0.298 e. The molecule has 1 nitrogen and oxygen atoms in total. The lowest BCUT2D eigenvalue weighted by molar-refractivity contribution is -0.0105. The van der Waals surface area contributed by atoms with Crippen LogP contribution in [0.1, 0.15) is 41.0 Å². The Bertz CT molecular complexity index is 141. The second-order valence-electron chi connectivity index (χ2n) is 5.54. The Labute approximate surface area is 70.8 Å². The molecule has 1 heterocycles. The summed E-state index contributed by atoms with van der Waals surface area (Å²) >= 11 is 0. The fourth-order valence-electron chi connectivity index (χ4n) is 1.58. The molecular weight excluding hydrogens is 134 g/mol. The van der Waals surface area contributed by atoms with Crippen LogP contribution in [0.4, 0.5) is 0 Å². The summed E-state index contributed by atoms with van der Waals surface area (Å²) in [5, 5.41) is 0. The van der Waals surface area contributed by atoms with E-state index < -0.39 is 0 Å². The van der Waals surface area contributed by atoms with Crippen molar-refractivity contribution >= 4 is 0 Å². The lowest BCUT2D eigenvalue weighted by Gasteiger charge is -2.51. The summed E-state index contributed by atoms with van der Waals surface area (Å²) < 4.78 is 0. The number of hydrogen-bond donors (Lipinski definition) is 0. The van der Waals surface area contributed by atoms with Gasteiger partial charge in [-0.2, -0.15) is 0 Å². The van der Waals surface area contributed by atoms with Crippen LogP contribution in [0.5, 0.6) is 0 Å². The quantitative estimate of drug-likeness (QED) is 0.562. The van der Waals surface area contributed by atoms with Gasteiger partial charge in [-0.1, -0.05) is 20.8 Å². The minimum atomic E-state index is 0.456. The molecule has 11 heavy (non-hydrogen) atoms. The van der Waals surface area contributed by atoms with Crippen molar-refractivity contribution in [2.45, 2.75) is 46.6 Å². The van der Waals surface area contributed by atoms with Gasteiger partial charge in [-0.3, -0.25) is 4.90 Å². The molecule has 1 rings (SSSR count). The third-order valence-corrected chi connectivity index (χ3v) is 2.51. The zero-order chi connectivity index (χ0) is 8.70. The van der Waals surface area contributed by atoms with Gasteiger partial charge in [0.1, 0.15) is 0 Å². The Morgan fingerprint density at radius 2 is 1.82 bits per heavy atom. The van der Waals surface area contributed by atoms with Gasteiger partial charge in [0, 0.05) is 18.6 Å². The highest BCUT2D eigenvalue weighted by molar-refractivity contribution is 4.93. The fourth-order valence-corrected chi connectivity index (χ4v) is 1.58. The highest BCUT2D eigenvalue weighted by atomic mass is 15.2. The van der Waals surface area contributed by atoms with Gasteiger partial charge < -0.3 is 0 Å². The normalized spacial score (nSPS) is 24.8. The average Bonchev–Trinajstić information content (AvgIpc) is 1.79. The second-order valence-corrected chi connectivity index (χ2v) is 5.54. The maximum atomic E-state index is 2.58. The molecule has 0 spiro atoms. The minimum absolute atomic E-state index is 0.456. The molecule has 0 amide bonds. The maximum absolute atomic E-state index is 2.58. The predicted octanol–water partition coefficient (Wildman–Crippen LogP) is 2.52. The second kappa shape index (κ2) is 2.48. The number of hydrogen-bond acceptors (Lipinski definition) is 1. The molecule has 0 radical (unpaired) electrons. The van der Waals surface area contributed by atoms with Gasteiger partial charge in [0.05, 0.1) is 0 Å². The third kappa shape index (κ3) is 2.19. The summed E-state index contributed by atoms with van der Waals surface area (Å²) in [6.07, 6.45) is 1.36. The molecule has 0 N–H and O–H groups in total. The van der Waals surface area contributed by atoms with Gasteiger partial charge in [-0.05, 0) is 25.7 Å². The Morgan fingerprint density at radius 3 is 1.91 bits per heavy atom. The van der Waals surface area contributed by atoms with E-state index in [1.807, 2.05) is 0 Å². The van der Waals surface area contributed by atoms with Crippen LogP contribution < -0.4 is 0 Å². The predicted molar refractivity (Wildman–Crippen MR) is 49.7 cm³/mol. The van der Waals surface area contributed by atoms with Crippen LogP contribution in [0.2, 0.25) is 0 Å². The molecule has 0 aromatic carbocycles. The summed E-state index contributed by atoms with van der Waals surface area (Å²) in [6.45, 7) is 14.1. The first-order valence-corrected chi connectivity index (χ1v) is 4.56. The summed E-state index contributed by atoms with van der Waals surface area (Å²) in [7, 11) is 0. The van der Waals surface area contributed by atoms with E-state index in [1.165, 1.54) is 19.5 Å². The molecule has 0 aliphatic carbocycles. The molecule has 0 atom stereocenters. The van der Waals surface area contributed by atoms with Crippen molar-refractivity contribution in [2.24, 2.45) is 5.41 Å². The third-order valence-electron chi connectivity index (χ3n) is 2.51. The van der Waals surface area contributed by atoms with Gasteiger partial charge in [0.15, 0.2) is 0 Å². The van der Waals surface area contributed by atoms with E-state index in [-0.39, 0.29) is 0 Å². The lowest BCUT2D eigenvalue weighted by atomic mass is 9.85. The van der Waals surface area contributed by atoms with E-state index in [0.717, 1.165) is 0 Å². The number of rotatable bonds is 1. The molecule has 66 valence electrons. The summed E-state index contributed by atoms with van der Waals surface area (Å²) in [4.78, 5) is 2.58. The lowest BCUT2D eigenvalue weighted by Crippen LogP contribution is -2.57. The van der Waals surface area contributed by atoms with Crippen LogP contribution in [0.3, 0.4) is 0 Å². The standard InChI is InChI=1S/C10H21N/c1-9(2,3)8-11-7-6-10(11,4)5/h6-8H2,1-5H3. The molecule has 0 unspecified atom stereocenters. The minimum Gasteiger partial charge on any atom is -0.298 e. The van der Waals surface area contributed by atoms with Crippen molar-refractivity contribution in [1.29, 1.82) is 0 Å². The zero-order valence-corrected chi connectivity index (χ0v) is 8.57. The van der Waals surface area contributed by atoms with Gasteiger partial charge in [0.25, 0.3) is 0 Å². The van der Waals surface area contributed by atoms with Crippen molar-refractivity contribution < 1.29 is 0 Å². The van der Waals surface area contributed by atoms with Crippen LogP contribution in [-0.2, 0) is 0 Å². The Kier molecular flexibility index (Phi) is 2.04. The average molecular weight is 155 g/mol. The first-order chi connectivity index (χ1) is 4.81. The van der Waals surface area contributed by atoms with Crippen LogP contribution in [-0.4, -0.2) is 23.5 Å². The molecule has 0 bridgehead atoms. The number of nitrogens with zero attached hydrogens (tertiary/aromatic N) is 1. The van der Waals surface area contributed by atoms with Gasteiger partial charge in [-0.15, -0.1) is 0 Å². The van der Waals surface area contributed by atoms with Crippen molar-refractivity contribution in [3.05, 3.63) is 0 Å². The SMILES string of the molecule is CC(C)(C)CN1CCC1(C)C. The van der Waals surface area contributed by atoms with Gasteiger partial charge >= 0.3 is 0 Å². The smallest absolute Gasteiger partial charge is 0.0165 e. The topological polar surface area (TPSA) is 3.24 Å². The first kappa shape index (κ1) is 9.05. The van der Waals surface area contributed by atoms with Gasteiger partial charge in [-0.25, -0.2) is 0 Å². The fraction of sp³-hybridized carbons (Fsp3) is 1.00. The molecule has 1 fully saturated rings. The molecule has 0 saturated carbocycles. The summed E-state index contributed by atoms with van der Waals surface area (Å²) in [5.41, 5.74) is 0.935. The van der Waals surface area contributed by atoms with Crippen molar-refractivity contribution in [1.82, 2.24) is 4.90 Å². The van der Waals surface area contributed by atoms with Crippen LogP contribution in [0.25, 0.3) is 0 Å². The Balaban J connectivity index is 2.40. The summed E-state index contributed by atoms with van der Waals surface area (Å²) in [6, 6.07) is 0. The van der Waals surface area contributed by atoms with Crippen LogP contribution in [0.15, 0.2) is 0 Å². The summed E-state index contributed by atoms with van der Waals surface area (Å²) in [5.74, 6) is 0. The molecule has 1 aliphatic heterocycles. The van der Waals surface area contributed by atoms with E-state index in [1.54, 1.807) is 0 Å². The monoisotopic (exact) mass is 155 g/mol. The van der Waals surface area contributed by atoms with Crippen LogP contribution in [0, 0.1) is 5.41 Å². The van der Waals surface area contributed by atoms with Crippen molar-refractivity contribution in [3.63, 3.8) is 0 Å². The Hall–Kier alpha value is -0.0400. The molecule has 1 saturated heterocycles. The Morgan fingerprint density at radius 1 is 1.27 bits per heavy atom. The molecular formula is C10H21N. The van der Waals surface area contributed by atoms with E-state index in [0.29, 0.717) is 11.0 Å². The highest BCUT2D eigenvalue weighted by Gasteiger charge is 2.37. The van der Waals surface area contributed by atoms with E-state index >= 15 is 0 Å². The zero-order valence-electron chi connectivity index (χ0n) is 8.57. The highest BCUT2D eigenvalue weighted by Crippen LogP contribution is 2.32. The maximum Gasteiger partial charge on any atom is 0.0165 e. The molecule has 0 aromatic rings. The molecule has 1 heteroatoms. The van der Waals surface area contributed by atoms with E-state index in [2.05, 4.69) is 39.5 Å².